The van der Waals surface area contributed by atoms with Crippen molar-refractivity contribution < 1.29 is 18.7 Å². The molecule has 2 heterocycles. The van der Waals surface area contributed by atoms with Gasteiger partial charge in [0.25, 0.3) is 0 Å². The summed E-state index contributed by atoms with van der Waals surface area (Å²) in [6.45, 7) is 0.411. The molecular weight excluding hydrogens is 391 g/mol. The number of benzene rings is 3. The first-order valence-corrected chi connectivity index (χ1v) is 10.4. The van der Waals surface area contributed by atoms with E-state index in [1.54, 1.807) is 18.2 Å². The summed E-state index contributed by atoms with van der Waals surface area (Å²) in [7, 11) is 0. The standard InChI is InChI=1S/C27H19FO3/c28-23-12-6-4-10-19(23)25-20-14-22(17-8-2-1-3-9-17)27(15-18(20)16-30-25)21-11-5-7-13-24(21)31-26(27)29/h1-14,18H,15-16H2/t18-,27+/m0/s1. The molecule has 2 atom stereocenters. The van der Waals surface area contributed by atoms with E-state index in [1.807, 2.05) is 60.7 Å². The number of rotatable bonds is 2. The molecule has 0 saturated heterocycles. The first kappa shape index (κ1) is 18.1. The zero-order chi connectivity index (χ0) is 21.0. The summed E-state index contributed by atoms with van der Waals surface area (Å²) < 4.78 is 26.3. The third kappa shape index (κ3) is 2.54. The van der Waals surface area contributed by atoms with Crippen LogP contribution in [-0.4, -0.2) is 12.6 Å². The third-order valence-electron chi connectivity index (χ3n) is 6.54. The molecule has 0 radical (unpaired) electrons. The fraction of sp³-hybridized carbons (Fsp3) is 0.148. The number of esters is 1. The van der Waals surface area contributed by atoms with E-state index in [1.165, 1.54) is 6.07 Å². The summed E-state index contributed by atoms with van der Waals surface area (Å²) >= 11 is 0. The van der Waals surface area contributed by atoms with Crippen molar-refractivity contribution in [1.82, 2.24) is 0 Å². The molecule has 2 aliphatic heterocycles. The van der Waals surface area contributed by atoms with Crippen molar-refractivity contribution in [3.05, 3.63) is 113 Å². The zero-order valence-corrected chi connectivity index (χ0v) is 16.7. The summed E-state index contributed by atoms with van der Waals surface area (Å²) in [4.78, 5) is 13.4. The number of halogens is 1. The van der Waals surface area contributed by atoms with Gasteiger partial charge in [-0.15, -0.1) is 0 Å². The topological polar surface area (TPSA) is 35.5 Å². The molecule has 1 spiro atoms. The van der Waals surface area contributed by atoms with Gasteiger partial charge in [0.05, 0.1) is 12.2 Å². The van der Waals surface area contributed by atoms with E-state index in [0.717, 1.165) is 22.3 Å². The van der Waals surface area contributed by atoms with Gasteiger partial charge in [-0.3, -0.25) is 4.79 Å². The van der Waals surface area contributed by atoms with Crippen molar-refractivity contribution in [1.29, 1.82) is 0 Å². The van der Waals surface area contributed by atoms with Crippen molar-refractivity contribution in [2.24, 2.45) is 5.92 Å². The zero-order valence-electron chi connectivity index (χ0n) is 16.7. The van der Waals surface area contributed by atoms with Crippen molar-refractivity contribution >= 4 is 17.3 Å². The lowest BCUT2D eigenvalue weighted by molar-refractivity contribution is -0.136. The van der Waals surface area contributed by atoms with Gasteiger partial charge in [0.2, 0.25) is 0 Å². The number of carbonyl (C=O) groups is 1. The molecule has 3 nitrogen and oxygen atoms in total. The number of hydrogen-bond acceptors (Lipinski definition) is 3. The number of ether oxygens (including phenoxy) is 2. The summed E-state index contributed by atoms with van der Waals surface area (Å²) in [6, 6.07) is 24.1. The fourth-order valence-corrected chi connectivity index (χ4v) is 5.13. The molecule has 0 amide bonds. The highest BCUT2D eigenvalue weighted by Crippen LogP contribution is 2.57. The Kier molecular flexibility index (Phi) is 3.90. The Labute approximate surface area is 179 Å². The molecule has 0 N–H and O–H groups in total. The van der Waals surface area contributed by atoms with Gasteiger partial charge in [0, 0.05) is 17.1 Å². The molecule has 1 aliphatic carbocycles. The SMILES string of the molecule is O=C1Oc2ccccc2[C@@]12C[C@H]1COC(c3ccccc3F)=C1C=C2c1ccccc1. The first-order chi connectivity index (χ1) is 15.2. The molecule has 0 aromatic heterocycles. The van der Waals surface area contributed by atoms with Gasteiger partial charge in [-0.25, -0.2) is 4.39 Å². The average molecular weight is 410 g/mol. The van der Waals surface area contributed by atoms with E-state index >= 15 is 0 Å². The molecule has 6 rings (SSSR count). The molecular formula is C27H19FO3. The minimum atomic E-state index is -0.903. The second-order valence-corrected chi connectivity index (χ2v) is 8.19. The van der Waals surface area contributed by atoms with Gasteiger partial charge in [0.15, 0.2) is 0 Å². The predicted octanol–water partition coefficient (Wildman–Crippen LogP) is 5.53. The molecule has 0 unspecified atom stereocenters. The van der Waals surface area contributed by atoms with Crippen LogP contribution in [0.25, 0.3) is 11.3 Å². The lowest BCUT2D eigenvalue weighted by Gasteiger charge is -2.36. The van der Waals surface area contributed by atoms with Crippen LogP contribution in [0.4, 0.5) is 4.39 Å². The van der Waals surface area contributed by atoms with E-state index in [0.29, 0.717) is 30.1 Å². The number of fused-ring (bicyclic) bond motifs is 3. The van der Waals surface area contributed by atoms with E-state index in [9.17, 15) is 9.18 Å². The Bertz CT molecular complexity index is 1270. The van der Waals surface area contributed by atoms with Crippen LogP contribution in [0.3, 0.4) is 0 Å². The first-order valence-electron chi connectivity index (χ1n) is 10.4. The summed E-state index contributed by atoms with van der Waals surface area (Å²) in [5.41, 5.74) is 3.19. The molecule has 152 valence electrons. The number of allylic oxidation sites excluding steroid dienone is 1. The third-order valence-corrected chi connectivity index (χ3v) is 6.54. The molecule has 0 bridgehead atoms. The highest BCUT2D eigenvalue weighted by Gasteiger charge is 2.56. The van der Waals surface area contributed by atoms with E-state index in [4.69, 9.17) is 9.47 Å². The van der Waals surface area contributed by atoms with Crippen molar-refractivity contribution in [3.8, 4) is 5.75 Å². The fourth-order valence-electron chi connectivity index (χ4n) is 5.13. The quantitative estimate of drug-likeness (QED) is 0.412. The van der Waals surface area contributed by atoms with E-state index < -0.39 is 5.41 Å². The second kappa shape index (κ2) is 6.67. The second-order valence-electron chi connectivity index (χ2n) is 8.19. The highest BCUT2D eigenvalue weighted by atomic mass is 19.1. The van der Waals surface area contributed by atoms with Crippen LogP contribution in [0.5, 0.6) is 5.75 Å². The maximum absolute atomic E-state index is 14.6. The lowest BCUT2D eigenvalue weighted by Crippen LogP contribution is -2.40. The predicted molar refractivity (Wildman–Crippen MR) is 116 cm³/mol. The van der Waals surface area contributed by atoms with Crippen LogP contribution in [0.1, 0.15) is 23.1 Å². The molecule has 31 heavy (non-hydrogen) atoms. The maximum atomic E-state index is 14.6. The molecule has 0 saturated carbocycles. The van der Waals surface area contributed by atoms with Crippen molar-refractivity contribution in [3.63, 3.8) is 0 Å². The number of carbonyl (C=O) groups excluding carboxylic acids is 1. The highest BCUT2D eigenvalue weighted by molar-refractivity contribution is 6.05. The Morgan fingerprint density at radius 2 is 1.65 bits per heavy atom. The Balaban J connectivity index is 1.62. The van der Waals surface area contributed by atoms with Crippen molar-refractivity contribution in [2.75, 3.05) is 6.61 Å². The monoisotopic (exact) mass is 410 g/mol. The van der Waals surface area contributed by atoms with Crippen LogP contribution in [0, 0.1) is 11.7 Å². The average Bonchev–Trinajstić information content (AvgIpc) is 3.33. The smallest absolute Gasteiger partial charge is 0.326 e. The number of para-hydroxylation sites is 1. The van der Waals surface area contributed by atoms with Gasteiger partial charge in [-0.05, 0) is 41.8 Å². The summed E-state index contributed by atoms with van der Waals surface area (Å²) in [5, 5.41) is 0. The van der Waals surface area contributed by atoms with Gasteiger partial charge in [-0.1, -0.05) is 60.7 Å². The summed E-state index contributed by atoms with van der Waals surface area (Å²) in [5.74, 6) is 0.565. The molecule has 3 aromatic rings. The Morgan fingerprint density at radius 1 is 0.903 bits per heavy atom. The lowest BCUT2D eigenvalue weighted by atomic mass is 9.63. The largest absolute Gasteiger partial charge is 0.492 e. The molecule has 3 aliphatic rings. The van der Waals surface area contributed by atoms with Gasteiger partial charge >= 0.3 is 5.97 Å². The van der Waals surface area contributed by atoms with Crippen LogP contribution in [-0.2, 0) is 14.9 Å². The van der Waals surface area contributed by atoms with Gasteiger partial charge in [-0.2, -0.15) is 0 Å². The normalized spacial score (nSPS) is 23.8. The Morgan fingerprint density at radius 3 is 2.48 bits per heavy atom. The van der Waals surface area contributed by atoms with Crippen LogP contribution in [0.2, 0.25) is 0 Å². The van der Waals surface area contributed by atoms with Crippen molar-refractivity contribution in [2.45, 2.75) is 11.8 Å². The van der Waals surface area contributed by atoms with Gasteiger partial charge in [0.1, 0.15) is 22.7 Å². The number of hydrogen-bond donors (Lipinski definition) is 0. The summed E-state index contributed by atoms with van der Waals surface area (Å²) in [6.07, 6.45) is 2.55. The van der Waals surface area contributed by atoms with E-state index in [2.05, 4.69) is 0 Å². The Hall–Kier alpha value is -3.66. The van der Waals surface area contributed by atoms with Gasteiger partial charge < -0.3 is 9.47 Å². The van der Waals surface area contributed by atoms with Crippen LogP contribution in [0.15, 0.2) is 90.5 Å². The van der Waals surface area contributed by atoms with Crippen LogP contribution < -0.4 is 4.74 Å². The van der Waals surface area contributed by atoms with Crippen LogP contribution >= 0.6 is 0 Å². The minimum absolute atomic E-state index is 0.0271. The van der Waals surface area contributed by atoms with E-state index in [-0.39, 0.29) is 17.7 Å². The molecule has 4 heteroatoms. The maximum Gasteiger partial charge on any atom is 0.326 e. The molecule has 3 aromatic carbocycles. The molecule has 0 fully saturated rings. The minimum Gasteiger partial charge on any atom is -0.492 e.